The Kier molecular flexibility index (Phi) is 5.32. The quantitative estimate of drug-likeness (QED) is 0.808. The highest BCUT2D eigenvalue weighted by Crippen LogP contribution is 2.25. The number of anilines is 1. The minimum Gasteiger partial charge on any atom is -0.481 e. The van der Waals surface area contributed by atoms with Crippen molar-refractivity contribution in [3.63, 3.8) is 0 Å². The first-order valence-corrected chi connectivity index (χ1v) is 7.19. The third kappa shape index (κ3) is 3.60. The predicted octanol–water partition coefficient (Wildman–Crippen LogP) is 1.19. The van der Waals surface area contributed by atoms with E-state index in [2.05, 4.69) is 9.97 Å². The Morgan fingerprint density at radius 3 is 2.95 bits per heavy atom. The van der Waals surface area contributed by atoms with Crippen LogP contribution >= 0.6 is 0 Å². The first kappa shape index (κ1) is 15.5. The highest BCUT2D eigenvalue weighted by molar-refractivity contribution is 5.72. The summed E-state index contributed by atoms with van der Waals surface area (Å²) in [4.78, 5) is 21.6. The molecule has 1 aliphatic rings. The minimum atomic E-state index is -0.840. The van der Waals surface area contributed by atoms with Crippen LogP contribution in [0.4, 0.5) is 5.82 Å². The van der Waals surface area contributed by atoms with Crippen LogP contribution in [-0.4, -0.2) is 53.5 Å². The second kappa shape index (κ2) is 7.21. The molecule has 2 heterocycles. The van der Waals surface area contributed by atoms with E-state index < -0.39 is 11.9 Å². The summed E-state index contributed by atoms with van der Waals surface area (Å²) in [6, 6.07) is 1.53. The molecule has 116 valence electrons. The molecular formula is C14H21N3O4. The van der Waals surface area contributed by atoms with E-state index >= 15 is 0 Å². The Hall–Kier alpha value is -1.89. The number of aromatic nitrogens is 2. The summed E-state index contributed by atoms with van der Waals surface area (Å²) < 4.78 is 10.8. The Balaban J connectivity index is 2.18. The van der Waals surface area contributed by atoms with Gasteiger partial charge in [0, 0.05) is 12.6 Å². The van der Waals surface area contributed by atoms with Crippen molar-refractivity contribution < 1.29 is 19.4 Å². The van der Waals surface area contributed by atoms with Gasteiger partial charge in [-0.15, -0.1) is 0 Å². The summed E-state index contributed by atoms with van der Waals surface area (Å²) in [6.45, 7) is 5.84. The highest BCUT2D eigenvalue weighted by Gasteiger charge is 2.38. The van der Waals surface area contributed by atoms with Crippen molar-refractivity contribution in [1.29, 1.82) is 0 Å². The molecule has 0 radical (unpaired) electrons. The van der Waals surface area contributed by atoms with Gasteiger partial charge in [-0.1, -0.05) is 6.92 Å². The Morgan fingerprint density at radius 1 is 1.48 bits per heavy atom. The van der Waals surface area contributed by atoms with E-state index in [1.807, 2.05) is 18.7 Å². The number of carbonyl (C=O) groups is 1. The zero-order chi connectivity index (χ0) is 15.2. The molecule has 0 aromatic carbocycles. The van der Waals surface area contributed by atoms with Crippen LogP contribution in [0, 0.1) is 5.92 Å². The lowest BCUT2D eigenvalue weighted by Crippen LogP contribution is -2.43. The van der Waals surface area contributed by atoms with Gasteiger partial charge in [0.2, 0.25) is 5.88 Å². The van der Waals surface area contributed by atoms with Crippen LogP contribution < -0.4 is 9.64 Å². The third-order valence-corrected chi connectivity index (χ3v) is 3.48. The van der Waals surface area contributed by atoms with Gasteiger partial charge >= 0.3 is 5.97 Å². The van der Waals surface area contributed by atoms with Gasteiger partial charge in [-0.2, -0.15) is 0 Å². The molecule has 1 aromatic rings. The minimum absolute atomic E-state index is 0.221. The van der Waals surface area contributed by atoms with Gasteiger partial charge in [0.05, 0.1) is 25.9 Å². The van der Waals surface area contributed by atoms with Crippen molar-refractivity contribution in [2.45, 2.75) is 26.3 Å². The predicted molar refractivity (Wildman–Crippen MR) is 76.6 cm³/mol. The molecule has 0 saturated carbocycles. The maximum Gasteiger partial charge on any atom is 0.311 e. The number of nitrogens with zero attached hydrogens (tertiary/aromatic N) is 3. The Bertz CT molecular complexity index is 483. The molecule has 1 N–H and O–H groups in total. The lowest BCUT2D eigenvalue weighted by atomic mass is 10.0. The molecule has 1 aliphatic heterocycles. The molecule has 0 aliphatic carbocycles. The SMILES string of the molecule is CCCOc1cc(N(CC)C2COCC2C(=O)O)ncn1. The number of carboxylic acids is 1. The molecule has 0 bridgehead atoms. The Labute approximate surface area is 123 Å². The fraction of sp³-hybridized carbons (Fsp3) is 0.643. The van der Waals surface area contributed by atoms with Gasteiger partial charge in [-0.25, -0.2) is 9.97 Å². The molecule has 2 atom stereocenters. The fourth-order valence-electron chi connectivity index (χ4n) is 2.42. The zero-order valence-corrected chi connectivity index (χ0v) is 12.4. The van der Waals surface area contributed by atoms with E-state index in [0.29, 0.717) is 31.5 Å². The lowest BCUT2D eigenvalue weighted by molar-refractivity contribution is -0.141. The molecule has 2 unspecified atom stereocenters. The monoisotopic (exact) mass is 295 g/mol. The number of likely N-dealkylation sites (N-methyl/N-ethyl adjacent to an activating group) is 1. The van der Waals surface area contributed by atoms with Crippen molar-refractivity contribution in [2.75, 3.05) is 31.3 Å². The van der Waals surface area contributed by atoms with Crippen molar-refractivity contribution in [1.82, 2.24) is 9.97 Å². The number of carboxylic acid groups (broad SMARTS) is 1. The van der Waals surface area contributed by atoms with Gasteiger partial charge in [-0.05, 0) is 13.3 Å². The largest absolute Gasteiger partial charge is 0.481 e. The van der Waals surface area contributed by atoms with Crippen LogP contribution in [0.2, 0.25) is 0 Å². The summed E-state index contributed by atoms with van der Waals surface area (Å²) in [6.07, 6.45) is 2.34. The van der Waals surface area contributed by atoms with Crippen LogP contribution in [0.1, 0.15) is 20.3 Å². The highest BCUT2D eigenvalue weighted by atomic mass is 16.5. The number of rotatable bonds is 7. The average Bonchev–Trinajstić information content (AvgIpc) is 2.96. The van der Waals surface area contributed by atoms with Crippen LogP contribution in [-0.2, 0) is 9.53 Å². The molecule has 7 nitrogen and oxygen atoms in total. The number of aliphatic carboxylic acids is 1. The summed E-state index contributed by atoms with van der Waals surface area (Å²) >= 11 is 0. The first-order valence-electron chi connectivity index (χ1n) is 7.19. The topological polar surface area (TPSA) is 84.8 Å². The van der Waals surface area contributed by atoms with Crippen molar-refractivity contribution in [3.8, 4) is 5.88 Å². The average molecular weight is 295 g/mol. The van der Waals surface area contributed by atoms with Crippen molar-refractivity contribution in [2.24, 2.45) is 5.92 Å². The summed E-state index contributed by atoms with van der Waals surface area (Å²) in [7, 11) is 0. The smallest absolute Gasteiger partial charge is 0.311 e. The summed E-state index contributed by atoms with van der Waals surface area (Å²) in [5.74, 6) is -0.209. The molecule has 7 heteroatoms. The van der Waals surface area contributed by atoms with Gasteiger partial charge in [0.1, 0.15) is 18.1 Å². The van der Waals surface area contributed by atoms with E-state index in [1.165, 1.54) is 6.33 Å². The summed E-state index contributed by atoms with van der Waals surface area (Å²) in [5.41, 5.74) is 0. The normalized spacial score (nSPS) is 21.2. The van der Waals surface area contributed by atoms with Gasteiger partial charge in [-0.3, -0.25) is 4.79 Å². The number of hydrogen-bond donors (Lipinski definition) is 1. The van der Waals surface area contributed by atoms with Crippen molar-refractivity contribution in [3.05, 3.63) is 12.4 Å². The van der Waals surface area contributed by atoms with Gasteiger partial charge in [0.25, 0.3) is 0 Å². The molecule has 1 aromatic heterocycles. The van der Waals surface area contributed by atoms with Crippen LogP contribution in [0.25, 0.3) is 0 Å². The van der Waals surface area contributed by atoms with Crippen LogP contribution in [0.3, 0.4) is 0 Å². The molecule has 21 heavy (non-hydrogen) atoms. The van der Waals surface area contributed by atoms with E-state index in [1.54, 1.807) is 6.07 Å². The number of hydrogen-bond acceptors (Lipinski definition) is 6. The third-order valence-electron chi connectivity index (χ3n) is 3.48. The first-order chi connectivity index (χ1) is 10.2. The lowest BCUT2D eigenvalue weighted by Gasteiger charge is -2.30. The van der Waals surface area contributed by atoms with Crippen molar-refractivity contribution >= 4 is 11.8 Å². The van der Waals surface area contributed by atoms with E-state index in [4.69, 9.17) is 9.47 Å². The molecule has 0 spiro atoms. The standard InChI is InChI=1S/C14H21N3O4/c1-3-5-21-13-6-12(15-9-16-13)17(4-2)11-8-20-7-10(11)14(18)19/h6,9-11H,3-5,7-8H2,1-2H3,(H,18,19). The van der Waals surface area contributed by atoms with E-state index in [-0.39, 0.29) is 12.6 Å². The maximum absolute atomic E-state index is 11.3. The second-order valence-corrected chi connectivity index (χ2v) is 4.90. The fourth-order valence-corrected chi connectivity index (χ4v) is 2.42. The zero-order valence-electron chi connectivity index (χ0n) is 12.4. The van der Waals surface area contributed by atoms with Gasteiger partial charge < -0.3 is 19.5 Å². The molecule has 1 fully saturated rings. The molecule has 0 amide bonds. The van der Waals surface area contributed by atoms with Gasteiger partial charge in [0.15, 0.2) is 0 Å². The van der Waals surface area contributed by atoms with E-state index in [9.17, 15) is 9.90 Å². The second-order valence-electron chi connectivity index (χ2n) is 4.90. The van der Waals surface area contributed by atoms with E-state index in [0.717, 1.165) is 6.42 Å². The molecular weight excluding hydrogens is 274 g/mol. The number of ether oxygens (including phenoxy) is 2. The molecule has 1 saturated heterocycles. The molecule has 2 rings (SSSR count). The van der Waals surface area contributed by atoms with Crippen LogP contribution in [0.5, 0.6) is 5.88 Å². The Morgan fingerprint density at radius 2 is 2.29 bits per heavy atom. The van der Waals surface area contributed by atoms with Crippen LogP contribution in [0.15, 0.2) is 12.4 Å². The summed E-state index contributed by atoms with van der Waals surface area (Å²) in [5, 5.41) is 9.28. The maximum atomic E-state index is 11.3.